The van der Waals surface area contributed by atoms with E-state index >= 15 is 0 Å². The van der Waals surface area contributed by atoms with Crippen molar-refractivity contribution in [2.24, 2.45) is 0 Å². The molecule has 0 bridgehead atoms. The summed E-state index contributed by atoms with van der Waals surface area (Å²) >= 11 is 1.49. The normalized spacial score (nSPS) is 12.0. The second kappa shape index (κ2) is 7.24. The number of carbonyl (C=O) groups excluding carboxylic acids is 1. The standard InChI is InChI=1S/C16H19NO3S/c1-17(11-14(18)15-4-3-9-21-15)16(19)10-12-5-7-13(20-2)8-6-12/h3-9,14,18H,10-11H2,1-2H3. The summed E-state index contributed by atoms with van der Waals surface area (Å²) in [5.74, 6) is 0.753. The second-order valence-electron chi connectivity index (χ2n) is 4.83. The minimum atomic E-state index is -0.630. The zero-order valence-electron chi connectivity index (χ0n) is 12.2. The molecule has 0 saturated heterocycles. The Hall–Kier alpha value is -1.85. The first-order valence-corrected chi connectivity index (χ1v) is 7.56. The number of aliphatic hydroxyl groups excluding tert-OH is 1. The lowest BCUT2D eigenvalue weighted by Crippen LogP contribution is -2.32. The van der Waals surface area contributed by atoms with E-state index in [0.717, 1.165) is 16.2 Å². The minimum Gasteiger partial charge on any atom is -0.497 e. The molecular weight excluding hydrogens is 286 g/mol. The number of nitrogens with zero attached hydrogens (tertiary/aromatic N) is 1. The van der Waals surface area contributed by atoms with Gasteiger partial charge in [-0.1, -0.05) is 18.2 Å². The van der Waals surface area contributed by atoms with Gasteiger partial charge in [-0.15, -0.1) is 11.3 Å². The van der Waals surface area contributed by atoms with Gasteiger partial charge in [-0.2, -0.15) is 0 Å². The monoisotopic (exact) mass is 305 g/mol. The molecule has 0 aliphatic rings. The molecule has 0 spiro atoms. The fourth-order valence-electron chi connectivity index (χ4n) is 1.99. The number of carbonyl (C=O) groups is 1. The third kappa shape index (κ3) is 4.31. The average Bonchev–Trinajstić information content (AvgIpc) is 3.02. The molecule has 21 heavy (non-hydrogen) atoms. The van der Waals surface area contributed by atoms with Crippen LogP contribution in [-0.2, 0) is 11.2 Å². The van der Waals surface area contributed by atoms with Crippen LogP contribution in [0.4, 0.5) is 0 Å². The molecule has 4 nitrogen and oxygen atoms in total. The molecule has 1 amide bonds. The maximum absolute atomic E-state index is 12.2. The smallest absolute Gasteiger partial charge is 0.226 e. The Morgan fingerprint density at radius 2 is 2.05 bits per heavy atom. The number of benzene rings is 1. The molecule has 5 heteroatoms. The Morgan fingerprint density at radius 1 is 1.33 bits per heavy atom. The predicted molar refractivity (Wildman–Crippen MR) is 83.6 cm³/mol. The van der Waals surface area contributed by atoms with Gasteiger partial charge in [0.2, 0.25) is 5.91 Å². The Morgan fingerprint density at radius 3 is 2.62 bits per heavy atom. The van der Waals surface area contributed by atoms with E-state index in [0.29, 0.717) is 13.0 Å². The van der Waals surface area contributed by atoms with Crippen LogP contribution in [0.15, 0.2) is 41.8 Å². The van der Waals surface area contributed by atoms with Gasteiger partial charge in [0.25, 0.3) is 0 Å². The van der Waals surface area contributed by atoms with Crippen molar-refractivity contribution in [3.05, 3.63) is 52.2 Å². The van der Waals surface area contributed by atoms with E-state index in [-0.39, 0.29) is 5.91 Å². The highest BCUT2D eigenvalue weighted by Crippen LogP contribution is 2.19. The molecule has 0 aliphatic heterocycles. The molecule has 1 unspecified atom stereocenters. The molecule has 0 fully saturated rings. The number of hydrogen-bond acceptors (Lipinski definition) is 4. The summed E-state index contributed by atoms with van der Waals surface area (Å²) in [5.41, 5.74) is 0.929. The summed E-state index contributed by atoms with van der Waals surface area (Å²) in [7, 11) is 3.32. The van der Waals surface area contributed by atoms with Crippen LogP contribution in [0.25, 0.3) is 0 Å². The predicted octanol–water partition coefficient (Wildman–Crippen LogP) is 2.49. The van der Waals surface area contributed by atoms with E-state index in [1.54, 1.807) is 19.1 Å². The first kappa shape index (κ1) is 15.5. The van der Waals surface area contributed by atoms with Crippen LogP contribution >= 0.6 is 11.3 Å². The highest BCUT2D eigenvalue weighted by atomic mass is 32.1. The van der Waals surface area contributed by atoms with Crippen LogP contribution in [0.2, 0.25) is 0 Å². The second-order valence-corrected chi connectivity index (χ2v) is 5.81. The van der Waals surface area contributed by atoms with Crippen molar-refractivity contribution in [3.8, 4) is 5.75 Å². The maximum atomic E-state index is 12.2. The first-order valence-electron chi connectivity index (χ1n) is 6.68. The zero-order valence-corrected chi connectivity index (χ0v) is 13.0. The number of methoxy groups -OCH3 is 1. The van der Waals surface area contributed by atoms with E-state index in [2.05, 4.69) is 0 Å². The molecule has 0 radical (unpaired) electrons. The van der Waals surface area contributed by atoms with Gasteiger partial charge >= 0.3 is 0 Å². The summed E-state index contributed by atoms with van der Waals surface area (Å²) in [6.45, 7) is 0.301. The highest BCUT2D eigenvalue weighted by molar-refractivity contribution is 7.10. The van der Waals surface area contributed by atoms with E-state index in [9.17, 15) is 9.90 Å². The SMILES string of the molecule is COc1ccc(CC(=O)N(C)CC(O)c2cccs2)cc1. The molecule has 1 heterocycles. The van der Waals surface area contributed by atoms with Crippen LogP contribution in [0, 0.1) is 0 Å². The molecule has 112 valence electrons. The lowest BCUT2D eigenvalue weighted by molar-refractivity contribution is -0.130. The summed E-state index contributed by atoms with van der Waals surface area (Å²) < 4.78 is 5.09. The van der Waals surface area contributed by atoms with Gasteiger partial charge in [0.1, 0.15) is 11.9 Å². The van der Waals surface area contributed by atoms with Crippen LogP contribution in [0.3, 0.4) is 0 Å². The minimum absolute atomic E-state index is 0.0178. The molecule has 0 saturated carbocycles. The Balaban J connectivity index is 1.89. The lowest BCUT2D eigenvalue weighted by atomic mass is 10.1. The first-order chi connectivity index (χ1) is 10.1. The van der Waals surface area contributed by atoms with Crippen molar-refractivity contribution >= 4 is 17.2 Å². The van der Waals surface area contributed by atoms with Crippen LogP contribution in [-0.4, -0.2) is 36.6 Å². The van der Waals surface area contributed by atoms with Gasteiger partial charge in [0.15, 0.2) is 0 Å². The van der Waals surface area contributed by atoms with Crippen molar-refractivity contribution in [3.63, 3.8) is 0 Å². The van der Waals surface area contributed by atoms with Crippen molar-refractivity contribution in [2.45, 2.75) is 12.5 Å². The molecular formula is C16H19NO3S. The van der Waals surface area contributed by atoms with E-state index in [1.807, 2.05) is 41.8 Å². The molecule has 1 aromatic carbocycles. The molecule has 2 rings (SSSR count). The molecule has 1 aromatic heterocycles. The summed E-state index contributed by atoms with van der Waals surface area (Å²) in [4.78, 5) is 14.6. The topological polar surface area (TPSA) is 49.8 Å². The lowest BCUT2D eigenvalue weighted by Gasteiger charge is -2.20. The van der Waals surface area contributed by atoms with Gasteiger partial charge in [-0.05, 0) is 29.1 Å². The third-order valence-corrected chi connectivity index (χ3v) is 4.23. The highest BCUT2D eigenvalue weighted by Gasteiger charge is 2.16. The fraction of sp³-hybridized carbons (Fsp3) is 0.312. The van der Waals surface area contributed by atoms with E-state index < -0.39 is 6.10 Å². The van der Waals surface area contributed by atoms with Crippen LogP contribution < -0.4 is 4.74 Å². The number of rotatable bonds is 6. The number of aliphatic hydroxyl groups is 1. The zero-order chi connectivity index (χ0) is 15.2. The van der Waals surface area contributed by atoms with Gasteiger partial charge in [-0.3, -0.25) is 4.79 Å². The van der Waals surface area contributed by atoms with Crippen molar-refractivity contribution in [1.29, 1.82) is 0 Å². The van der Waals surface area contributed by atoms with Gasteiger partial charge in [-0.25, -0.2) is 0 Å². The quantitative estimate of drug-likeness (QED) is 0.892. The fourth-order valence-corrected chi connectivity index (χ4v) is 2.69. The summed E-state index contributed by atoms with van der Waals surface area (Å²) in [5, 5.41) is 12.0. The molecule has 2 aromatic rings. The number of likely N-dealkylation sites (N-methyl/N-ethyl adjacent to an activating group) is 1. The van der Waals surface area contributed by atoms with Crippen LogP contribution in [0.5, 0.6) is 5.75 Å². The largest absolute Gasteiger partial charge is 0.497 e. The van der Waals surface area contributed by atoms with Gasteiger partial charge in [0.05, 0.1) is 20.1 Å². The number of thiophene rings is 1. The number of hydrogen-bond donors (Lipinski definition) is 1. The third-order valence-electron chi connectivity index (χ3n) is 3.26. The van der Waals surface area contributed by atoms with Crippen LogP contribution in [0.1, 0.15) is 16.5 Å². The Kier molecular flexibility index (Phi) is 5.36. The van der Waals surface area contributed by atoms with Crippen molar-refractivity contribution in [1.82, 2.24) is 4.90 Å². The van der Waals surface area contributed by atoms with Crippen molar-refractivity contribution in [2.75, 3.05) is 20.7 Å². The summed E-state index contributed by atoms with van der Waals surface area (Å²) in [6, 6.07) is 11.2. The Labute approximate surface area is 128 Å². The average molecular weight is 305 g/mol. The van der Waals surface area contributed by atoms with E-state index in [1.165, 1.54) is 11.3 Å². The van der Waals surface area contributed by atoms with Crippen molar-refractivity contribution < 1.29 is 14.6 Å². The van der Waals surface area contributed by atoms with Gasteiger partial charge < -0.3 is 14.7 Å². The van der Waals surface area contributed by atoms with Gasteiger partial charge in [0, 0.05) is 11.9 Å². The molecule has 1 atom stereocenters. The Bertz CT molecular complexity index is 566. The molecule has 0 aliphatic carbocycles. The molecule has 1 N–H and O–H groups in total. The number of ether oxygens (including phenoxy) is 1. The maximum Gasteiger partial charge on any atom is 0.226 e. The summed E-state index contributed by atoms with van der Waals surface area (Å²) in [6.07, 6.45) is -0.313. The van der Waals surface area contributed by atoms with E-state index in [4.69, 9.17) is 4.74 Å². The number of amides is 1.